The van der Waals surface area contributed by atoms with Crippen molar-refractivity contribution in [1.29, 1.82) is 0 Å². The molecule has 0 atom stereocenters. The van der Waals surface area contributed by atoms with E-state index in [-0.39, 0.29) is 4.84 Å². The molecule has 0 aliphatic carbocycles. The Morgan fingerprint density at radius 3 is 2.45 bits per heavy atom. The van der Waals surface area contributed by atoms with Crippen LogP contribution < -0.4 is 4.74 Å². The molecule has 0 bridgehead atoms. The molecular formula is C16H13N3O2S. The fourth-order valence-corrected chi connectivity index (χ4v) is 2.01. The summed E-state index contributed by atoms with van der Waals surface area (Å²) in [6.07, 6.45) is 1.80. The molecule has 5 nitrogen and oxygen atoms in total. The van der Waals surface area contributed by atoms with Gasteiger partial charge in [0.15, 0.2) is 0 Å². The zero-order chi connectivity index (χ0) is 15.4. The highest BCUT2D eigenvalue weighted by molar-refractivity contribution is 7.71. The quantitative estimate of drug-likeness (QED) is 0.580. The molecule has 0 saturated carbocycles. The third-order valence-corrected chi connectivity index (χ3v) is 3.21. The fourth-order valence-electron chi connectivity index (χ4n) is 1.88. The van der Waals surface area contributed by atoms with Crippen LogP contribution in [0.2, 0.25) is 0 Å². The van der Waals surface area contributed by atoms with Gasteiger partial charge in [-0.2, -0.15) is 0 Å². The van der Waals surface area contributed by atoms with Crippen molar-refractivity contribution in [2.45, 2.75) is 0 Å². The molecule has 3 aromatic rings. The zero-order valence-electron chi connectivity index (χ0n) is 11.8. The van der Waals surface area contributed by atoms with Crippen LogP contribution in [0.15, 0.2) is 57.9 Å². The number of benzene rings is 2. The first-order chi connectivity index (χ1) is 10.7. The summed E-state index contributed by atoms with van der Waals surface area (Å²) in [4.78, 5) is 4.69. The maximum atomic E-state index is 5.26. The van der Waals surface area contributed by atoms with E-state index in [0.717, 1.165) is 22.6 Å². The van der Waals surface area contributed by atoms with Crippen molar-refractivity contribution in [2.24, 2.45) is 4.99 Å². The number of hydrogen-bond donors (Lipinski definition) is 1. The summed E-state index contributed by atoms with van der Waals surface area (Å²) < 4.78 is 10.4. The van der Waals surface area contributed by atoms with Gasteiger partial charge in [0.25, 0.3) is 4.84 Å². The smallest absolute Gasteiger partial charge is 0.284 e. The lowest BCUT2D eigenvalue weighted by Gasteiger charge is -1.99. The number of hydrogen-bond acceptors (Lipinski definition) is 5. The number of nitrogens with zero attached hydrogens (tertiary/aromatic N) is 2. The summed E-state index contributed by atoms with van der Waals surface area (Å²) in [5, 5.41) is 6.58. The molecule has 0 spiro atoms. The van der Waals surface area contributed by atoms with Crippen molar-refractivity contribution in [1.82, 2.24) is 10.2 Å². The van der Waals surface area contributed by atoms with E-state index in [4.69, 9.17) is 21.4 Å². The molecule has 2 aromatic carbocycles. The second-order valence-corrected chi connectivity index (χ2v) is 4.87. The Morgan fingerprint density at radius 1 is 1.14 bits per heavy atom. The second kappa shape index (κ2) is 6.36. The van der Waals surface area contributed by atoms with Crippen molar-refractivity contribution in [3.63, 3.8) is 0 Å². The predicted octanol–water partition coefficient (Wildman–Crippen LogP) is 4.16. The van der Waals surface area contributed by atoms with Gasteiger partial charge < -0.3 is 9.15 Å². The Kier molecular flexibility index (Phi) is 4.11. The molecule has 110 valence electrons. The van der Waals surface area contributed by atoms with Crippen molar-refractivity contribution in [2.75, 3.05) is 7.11 Å². The Morgan fingerprint density at radius 2 is 1.86 bits per heavy atom. The highest BCUT2D eigenvalue weighted by atomic mass is 32.1. The van der Waals surface area contributed by atoms with E-state index in [1.165, 1.54) is 0 Å². The lowest BCUT2D eigenvalue weighted by atomic mass is 10.2. The van der Waals surface area contributed by atoms with Gasteiger partial charge in [-0.25, -0.2) is 5.10 Å². The van der Waals surface area contributed by atoms with E-state index in [2.05, 4.69) is 15.2 Å². The number of rotatable bonds is 4. The van der Waals surface area contributed by atoms with E-state index in [9.17, 15) is 0 Å². The van der Waals surface area contributed by atoms with Crippen molar-refractivity contribution in [3.8, 4) is 17.2 Å². The second-order valence-electron chi connectivity index (χ2n) is 4.50. The van der Waals surface area contributed by atoms with Crippen LogP contribution in [-0.2, 0) is 0 Å². The zero-order valence-corrected chi connectivity index (χ0v) is 12.6. The molecule has 22 heavy (non-hydrogen) atoms. The summed E-state index contributed by atoms with van der Waals surface area (Å²) in [7, 11) is 1.64. The van der Waals surface area contributed by atoms with Crippen LogP contribution in [0, 0.1) is 4.84 Å². The van der Waals surface area contributed by atoms with Crippen molar-refractivity contribution in [3.05, 3.63) is 58.9 Å². The molecule has 1 N–H and O–H groups in total. The van der Waals surface area contributed by atoms with Gasteiger partial charge in [0, 0.05) is 11.8 Å². The fraction of sp³-hybridized carbons (Fsp3) is 0.0625. The van der Waals surface area contributed by atoms with Gasteiger partial charge in [0.05, 0.1) is 12.8 Å². The van der Waals surface area contributed by atoms with Crippen LogP contribution in [0.3, 0.4) is 0 Å². The predicted molar refractivity (Wildman–Crippen MR) is 87.4 cm³/mol. The summed E-state index contributed by atoms with van der Waals surface area (Å²) in [6, 6.07) is 15.2. The van der Waals surface area contributed by atoms with E-state index in [1.807, 2.05) is 48.5 Å². The van der Waals surface area contributed by atoms with E-state index in [1.54, 1.807) is 13.3 Å². The van der Waals surface area contributed by atoms with Gasteiger partial charge in [-0.3, -0.25) is 4.99 Å². The molecular weight excluding hydrogens is 298 g/mol. The lowest BCUT2D eigenvalue weighted by molar-refractivity contribution is 0.415. The van der Waals surface area contributed by atoms with Gasteiger partial charge in [-0.05, 0) is 66.3 Å². The first kappa shape index (κ1) is 14.2. The Balaban J connectivity index is 1.75. The number of aromatic amines is 1. The van der Waals surface area contributed by atoms with Crippen LogP contribution >= 0.6 is 12.2 Å². The molecule has 0 unspecified atom stereocenters. The Labute approximate surface area is 132 Å². The van der Waals surface area contributed by atoms with Crippen LogP contribution in [0.5, 0.6) is 5.75 Å². The van der Waals surface area contributed by atoms with Crippen LogP contribution in [0.4, 0.5) is 5.69 Å². The maximum Gasteiger partial charge on any atom is 0.284 e. The summed E-state index contributed by atoms with van der Waals surface area (Å²) in [5.74, 6) is 1.29. The molecule has 6 heteroatoms. The number of ether oxygens (including phenoxy) is 1. The van der Waals surface area contributed by atoms with Gasteiger partial charge in [0.1, 0.15) is 5.75 Å². The van der Waals surface area contributed by atoms with E-state index >= 15 is 0 Å². The molecule has 1 heterocycles. The van der Waals surface area contributed by atoms with Crippen LogP contribution in [0.25, 0.3) is 11.5 Å². The SMILES string of the molecule is COc1ccc(C=Nc2ccc(-c3n[nH]c(=S)o3)cc2)cc1. The molecule has 0 fully saturated rings. The van der Waals surface area contributed by atoms with Gasteiger partial charge in [-0.15, -0.1) is 5.10 Å². The monoisotopic (exact) mass is 311 g/mol. The number of methoxy groups -OCH3 is 1. The minimum absolute atomic E-state index is 0.261. The summed E-state index contributed by atoms with van der Waals surface area (Å²) in [5.41, 5.74) is 2.69. The number of H-pyrrole nitrogens is 1. The third kappa shape index (κ3) is 3.29. The molecule has 1 aromatic heterocycles. The maximum absolute atomic E-state index is 5.26. The standard InChI is InChI=1S/C16H13N3O2S/c1-20-14-8-2-11(3-9-14)10-17-13-6-4-12(5-7-13)15-18-19-16(22)21-15/h2-10H,1H3,(H,19,22). The summed E-state index contributed by atoms with van der Waals surface area (Å²) >= 11 is 4.86. The first-order valence-corrected chi connectivity index (χ1v) is 6.99. The van der Waals surface area contributed by atoms with Crippen molar-refractivity contribution < 1.29 is 9.15 Å². The molecule has 3 rings (SSSR count). The molecule has 0 saturated heterocycles. The van der Waals surface area contributed by atoms with Crippen LogP contribution in [0.1, 0.15) is 5.56 Å². The van der Waals surface area contributed by atoms with Crippen LogP contribution in [-0.4, -0.2) is 23.5 Å². The number of aromatic nitrogens is 2. The molecule has 0 aliphatic heterocycles. The number of aliphatic imine (C=N–C) groups is 1. The average Bonchev–Trinajstić information content (AvgIpc) is 3.00. The topological polar surface area (TPSA) is 63.4 Å². The first-order valence-electron chi connectivity index (χ1n) is 6.59. The highest BCUT2D eigenvalue weighted by Gasteiger charge is 2.03. The third-order valence-electron chi connectivity index (χ3n) is 3.03. The molecule has 0 radical (unpaired) electrons. The minimum Gasteiger partial charge on any atom is -0.497 e. The normalized spacial score (nSPS) is 11.0. The number of nitrogens with one attached hydrogen (secondary N) is 1. The molecule has 0 aliphatic rings. The Hall–Kier alpha value is -2.73. The largest absolute Gasteiger partial charge is 0.497 e. The van der Waals surface area contributed by atoms with Gasteiger partial charge >= 0.3 is 0 Å². The Bertz CT molecular complexity index is 833. The lowest BCUT2D eigenvalue weighted by Crippen LogP contribution is -1.84. The molecule has 0 amide bonds. The van der Waals surface area contributed by atoms with E-state index < -0.39 is 0 Å². The van der Waals surface area contributed by atoms with Gasteiger partial charge in [0.2, 0.25) is 5.89 Å². The van der Waals surface area contributed by atoms with Crippen molar-refractivity contribution >= 4 is 24.1 Å². The highest BCUT2D eigenvalue weighted by Crippen LogP contribution is 2.21. The van der Waals surface area contributed by atoms with E-state index in [0.29, 0.717) is 5.89 Å². The minimum atomic E-state index is 0.261. The summed E-state index contributed by atoms with van der Waals surface area (Å²) in [6.45, 7) is 0. The average molecular weight is 311 g/mol. The van der Waals surface area contributed by atoms with Gasteiger partial charge in [-0.1, -0.05) is 0 Å².